The van der Waals surface area contributed by atoms with Gasteiger partial charge in [0, 0.05) is 13.1 Å². The maximum Gasteiger partial charge on any atom is 0.433 e. The minimum Gasteiger partial charge on any atom is -0.476 e. The van der Waals surface area contributed by atoms with E-state index in [1.165, 1.54) is 16.9 Å². The lowest BCUT2D eigenvalue weighted by atomic mass is 10.1. The molecule has 3 rings (SSSR count). The Morgan fingerprint density at radius 1 is 1.52 bits per heavy atom. The second-order valence-corrected chi connectivity index (χ2v) is 4.73. The highest BCUT2D eigenvalue weighted by Gasteiger charge is 2.30. The number of furan rings is 1. The summed E-state index contributed by atoms with van der Waals surface area (Å²) in [4.78, 5) is 22.7. The van der Waals surface area contributed by atoms with Gasteiger partial charge in [0.1, 0.15) is 10.7 Å². The number of nitro groups is 1. The molecule has 110 valence electrons. The third kappa shape index (κ3) is 2.60. The Morgan fingerprint density at radius 3 is 2.86 bits per heavy atom. The first-order valence-corrected chi connectivity index (χ1v) is 6.13. The van der Waals surface area contributed by atoms with Gasteiger partial charge in [0.05, 0.1) is 24.8 Å². The van der Waals surface area contributed by atoms with Crippen LogP contribution < -0.4 is 0 Å². The summed E-state index contributed by atoms with van der Waals surface area (Å²) in [5.41, 5.74) is -0.0879. The van der Waals surface area contributed by atoms with Gasteiger partial charge < -0.3 is 9.52 Å². The van der Waals surface area contributed by atoms with Crippen molar-refractivity contribution in [2.75, 3.05) is 13.1 Å². The summed E-state index contributed by atoms with van der Waals surface area (Å²) in [6.45, 7) is 1.76. The number of carboxylic acids is 1. The summed E-state index contributed by atoms with van der Waals surface area (Å²) < 4.78 is 6.59. The molecule has 0 saturated carbocycles. The standard InChI is InChI=1S/C11H11N5O5/c17-11(18)9-6-15(13-12-9)7-3-14(4-7)5-8-1-2-10(21-8)16(19)20/h1-2,6-7H,3-5H2,(H,17,18). The number of carboxylic acid groups (broad SMARTS) is 1. The average Bonchev–Trinajstić information content (AvgIpc) is 3.02. The molecule has 0 atom stereocenters. The van der Waals surface area contributed by atoms with Gasteiger partial charge in [-0.2, -0.15) is 0 Å². The van der Waals surface area contributed by atoms with Crippen LogP contribution in [0.15, 0.2) is 22.7 Å². The first-order chi connectivity index (χ1) is 10.0. The highest BCUT2D eigenvalue weighted by Crippen LogP contribution is 2.24. The van der Waals surface area contributed by atoms with Crippen LogP contribution in [0.4, 0.5) is 5.88 Å². The van der Waals surface area contributed by atoms with E-state index in [1.54, 1.807) is 6.07 Å². The lowest BCUT2D eigenvalue weighted by Crippen LogP contribution is -2.47. The SMILES string of the molecule is O=C(O)c1cn(C2CN(Cc3ccc([N+](=O)[O-])o3)C2)nn1. The number of hydrogen-bond acceptors (Lipinski definition) is 7. The smallest absolute Gasteiger partial charge is 0.433 e. The number of hydrogen-bond donors (Lipinski definition) is 1. The van der Waals surface area contributed by atoms with E-state index in [1.807, 2.05) is 4.90 Å². The molecule has 21 heavy (non-hydrogen) atoms. The molecular formula is C11H11N5O5. The Balaban J connectivity index is 1.55. The number of aromatic nitrogens is 3. The molecule has 1 N–H and O–H groups in total. The van der Waals surface area contributed by atoms with Gasteiger partial charge in [-0.05, 0) is 6.07 Å². The van der Waals surface area contributed by atoms with Crippen molar-refractivity contribution >= 4 is 11.9 Å². The van der Waals surface area contributed by atoms with Gasteiger partial charge in [0.15, 0.2) is 5.69 Å². The van der Waals surface area contributed by atoms with Crippen molar-refractivity contribution in [2.45, 2.75) is 12.6 Å². The third-order valence-electron chi connectivity index (χ3n) is 3.25. The average molecular weight is 293 g/mol. The van der Waals surface area contributed by atoms with E-state index in [9.17, 15) is 14.9 Å². The molecule has 1 aliphatic rings. The molecule has 0 aliphatic carbocycles. The lowest BCUT2D eigenvalue weighted by molar-refractivity contribution is -0.402. The van der Waals surface area contributed by atoms with Gasteiger partial charge in [-0.1, -0.05) is 5.21 Å². The van der Waals surface area contributed by atoms with Crippen molar-refractivity contribution in [3.8, 4) is 0 Å². The van der Waals surface area contributed by atoms with E-state index in [0.717, 1.165) is 0 Å². The fraction of sp³-hybridized carbons (Fsp3) is 0.364. The monoisotopic (exact) mass is 293 g/mol. The molecule has 0 radical (unpaired) electrons. The van der Waals surface area contributed by atoms with Crippen LogP contribution in [0.5, 0.6) is 0 Å². The lowest BCUT2D eigenvalue weighted by Gasteiger charge is -2.38. The van der Waals surface area contributed by atoms with Crippen molar-refractivity contribution < 1.29 is 19.2 Å². The minimum atomic E-state index is -1.11. The van der Waals surface area contributed by atoms with Crippen molar-refractivity contribution in [3.05, 3.63) is 39.9 Å². The van der Waals surface area contributed by atoms with Gasteiger partial charge in [0.25, 0.3) is 0 Å². The van der Waals surface area contributed by atoms with Crippen molar-refractivity contribution in [2.24, 2.45) is 0 Å². The molecule has 10 nitrogen and oxygen atoms in total. The van der Waals surface area contributed by atoms with Gasteiger partial charge >= 0.3 is 11.9 Å². The Hall–Kier alpha value is -2.75. The Labute approximate surface area is 117 Å². The summed E-state index contributed by atoms with van der Waals surface area (Å²) in [6, 6.07) is 2.95. The van der Waals surface area contributed by atoms with Crippen LogP contribution in [-0.4, -0.2) is 49.0 Å². The number of rotatable bonds is 5. The van der Waals surface area contributed by atoms with Crippen LogP contribution in [0.3, 0.4) is 0 Å². The van der Waals surface area contributed by atoms with Gasteiger partial charge in [-0.3, -0.25) is 15.0 Å². The Morgan fingerprint density at radius 2 is 2.29 bits per heavy atom. The minimum absolute atomic E-state index is 0.0514. The van der Waals surface area contributed by atoms with E-state index in [2.05, 4.69) is 10.3 Å². The molecule has 0 unspecified atom stereocenters. The van der Waals surface area contributed by atoms with Gasteiger partial charge in [-0.25, -0.2) is 9.48 Å². The fourth-order valence-corrected chi connectivity index (χ4v) is 2.16. The highest BCUT2D eigenvalue weighted by molar-refractivity contribution is 5.84. The van der Waals surface area contributed by atoms with E-state index < -0.39 is 10.9 Å². The molecule has 10 heteroatoms. The Bertz CT molecular complexity index is 687. The van der Waals surface area contributed by atoms with E-state index >= 15 is 0 Å². The van der Waals surface area contributed by atoms with Crippen LogP contribution in [0.2, 0.25) is 0 Å². The zero-order valence-corrected chi connectivity index (χ0v) is 10.7. The quantitative estimate of drug-likeness (QED) is 0.624. The molecule has 3 heterocycles. The number of carbonyl (C=O) groups is 1. The molecule has 0 amide bonds. The summed E-state index contributed by atoms with van der Waals surface area (Å²) in [5, 5.41) is 26.6. The largest absolute Gasteiger partial charge is 0.476 e. The summed E-state index contributed by atoms with van der Waals surface area (Å²) in [7, 11) is 0. The second kappa shape index (κ2) is 4.98. The van der Waals surface area contributed by atoms with Gasteiger partial charge in [-0.15, -0.1) is 5.10 Å². The van der Waals surface area contributed by atoms with Crippen molar-refractivity contribution in [1.82, 2.24) is 19.9 Å². The van der Waals surface area contributed by atoms with Crippen molar-refractivity contribution in [3.63, 3.8) is 0 Å². The zero-order chi connectivity index (χ0) is 15.0. The maximum absolute atomic E-state index is 10.7. The van der Waals surface area contributed by atoms with Crippen LogP contribution >= 0.6 is 0 Å². The second-order valence-electron chi connectivity index (χ2n) is 4.73. The fourth-order valence-electron chi connectivity index (χ4n) is 2.16. The molecule has 0 bridgehead atoms. The normalized spacial score (nSPS) is 15.8. The molecule has 1 aliphatic heterocycles. The summed E-state index contributed by atoms with van der Waals surface area (Å²) in [5.74, 6) is -0.866. The van der Waals surface area contributed by atoms with Crippen LogP contribution in [-0.2, 0) is 6.54 Å². The predicted octanol–water partition coefficient (Wildman–Crippen LogP) is 0.534. The van der Waals surface area contributed by atoms with Crippen LogP contribution in [0.1, 0.15) is 22.3 Å². The van der Waals surface area contributed by atoms with E-state index in [-0.39, 0.29) is 17.6 Å². The first-order valence-electron chi connectivity index (χ1n) is 6.13. The maximum atomic E-state index is 10.7. The molecule has 2 aromatic rings. The highest BCUT2D eigenvalue weighted by atomic mass is 16.6. The topological polar surface area (TPSA) is 128 Å². The molecule has 0 spiro atoms. The summed E-state index contributed by atoms with van der Waals surface area (Å²) in [6.07, 6.45) is 1.39. The van der Waals surface area contributed by atoms with Crippen LogP contribution in [0, 0.1) is 10.1 Å². The molecule has 0 aromatic carbocycles. The van der Waals surface area contributed by atoms with Crippen molar-refractivity contribution in [1.29, 1.82) is 0 Å². The predicted molar refractivity (Wildman–Crippen MR) is 66.7 cm³/mol. The van der Waals surface area contributed by atoms with Gasteiger partial charge in [0.2, 0.25) is 0 Å². The van der Waals surface area contributed by atoms with E-state index in [4.69, 9.17) is 9.52 Å². The molecule has 1 fully saturated rings. The van der Waals surface area contributed by atoms with Crippen LogP contribution in [0.25, 0.3) is 0 Å². The Kier molecular flexibility index (Phi) is 3.14. The molecular weight excluding hydrogens is 282 g/mol. The third-order valence-corrected chi connectivity index (χ3v) is 3.25. The number of likely N-dealkylation sites (tertiary alicyclic amines) is 1. The molecule has 2 aromatic heterocycles. The zero-order valence-electron chi connectivity index (χ0n) is 10.7. The molecule has 1 saturated heterocycles. The number of aromatic carboxylic acids is 1. The first kappa shape index (κ1) is 13.2. The van der Waals surface area contributed by atoms with E-state index in [0.29, 0.717) is 25.4 Å². The number of nitrogens with zero attached hydrogens (tertiary/aromatic N) is 5. The summed E-state index contributed by atoms with van der Waals surface area (Å²) >= 11 is 0.